The number of para-hydroxylation sites is 1. The van der Waals surface area contributed by atoms with Gasteiger partial charge in [0.15, 0.2) is 11.0 Å². The molecule has 3 aromatic rings. The first-order valence-corrected chi connectivity index (χ1v) is 10.2. The summed E-state index contributed by atoms with van der Waals surface area (Å²) in [6, 6.07) is 13.9. The Labute approximate surface area is 165 Å². The maximum absolute atomic E-state index is 12.9. The topological polar surface area (TPSA) is 39.9 Å². The Morgan fingerprint density at radius 2 is 1.77 bits per heavy atom. The molecule has 8 heteroatoms. The fourth-order valence-electron chi connectivity index (χ4n) is 2.12. The number of rotatable bonds is 8. The first kappa shape index (κ1) is 19.1. The van der Waals surface area contributed by atoms with Crippen molar-refractivity contribution in [3.05, 3.63) is 65.2 Å². The highest BCUT2D eigenvalue weighted by atomic mass is 35.5. The van der Waals surface area contributed by atoms with Crippen LogP contribution in [0.15, 0.2) is 58.6 Å². The van der Waals surface area contributed by atoms with Crippen LogP contribution in [-0.2, 0) is 13.7 Å². The number of ether oxygens (including phenoxy) is 1. The molecule has 0 radical (unpaired) electrons. The lowest BCUT2D eigenvalue weighted by molar-refractivity contribution is 0.290. The van der Waals surface area contributed by atoms with Gasteiger partial charge in [0.05, 0.1) is 5.02 Å². The molecular formula is C18H17ClFN3OS2. The number of nitrogens with zero attached hydrogens (tertiary/aromatic N) is 3. The van der Waals surface area contributed by atoms with Crippen LogP contribution in [0.3, 0.4) is 0 Å². The molecule has 0 amide bonds. The van der Waals surface area contributed by atoms with E-state index in [1.54, 1.807) is 41.7 Å². The first-order chi connectivity index (χ1) is 12.6. The Balaban J connectivity index is 1.47. The molecule has 0 saturated heterocycles. The van der Waals surface area contributed by atoms with E-state index in [0.29, 0.717) is 17.4 Å². The molecule has 3 rings (SSSR count). The van der Waals surface area contributed by atoms with E-state index < -0.39 is 0 Å². The summed E-state index contributed by atoms with van der Waals surface area (Å²) < 4.78 is 20.5. The summed E-state index contributed by atoms with van der Waals surface area (Å²) in [6.45, 7) is 0.304. The van der Waals surface area contributed by atoms with E-state index in [-0.39, 0.29) is 5.82 Å². The van der Waals surface area contributed by atoms with Crippen molar-refractivity contribution < 1.29 is 9.13 Å². The lowest BCUT2D eigenvalue weighted by Crippen LogP contribution is -2.04. The zero-order valence-corrected chi connectivity index (χ0v) is 16.5. The molecule has 136 valence electrons. The molecule has 4 nitrogen and oxygen atoms in total. The van der Waals surface area contributed by atoms with Crippen LogP contribution in [0.4, 0.5) is 4.39 Å². The van der Waals surface area contributed by atoms with E-state index in [2.05, 4.69) is 10.2 Å². The first-order valence-electron chi connectivity index (χ1n) is 7.90. The highest BCUT2D eigenvalue weighted by Gasteiger charge is 2.10. The Kier molecular flexibility index (Phi) is 6.82. The summed E-state index contributed by atoms with van der Waals surface area (Å²) in [7, 11) is 1.92. The van der Waals surface area contributed by atoms with Gasteiger partial charge >= 0.3 is 0 Å². The molecule has 0 saturated carbocycles. The third kappa shape index (κ3) is 5.16. The van der Waals surface area contributed by atoms with Crippen molar-refractivity contribution in [2.24, 2.45) is 7.05 Å². The van der Waals surface area contributed by atoms with Crippen LogP contribution in [0.1, 0.15) is 5.82 Å². The summed E-state index contributed by atoms with van der Waals surface area (Å²) in [5.74, 6) is 2.92. The minimum atomic E-state index is -0.214. The molecule has 0 fully saturated rings. The van der Waals surface area contributed by atoms with Crippen LogP contribution in [0, 0.1) is 5.82 Å². The average molecular weight is 410 g/mol. The van der Waals surface area contributed by atoms with Gasteiger partial charge in [-0.25, -0.2) is 4.39 Å². The lowest BCUT2D eigenvalue weighted by atomic mass is 10.3. The van der Waals surface area contributed by atoms with Crippen molar-refractivity contribution in [2.75, 3.05) is 11.5 Å². The lowest BCUT2D eigenvalue weighted by Gasteiger charge is -2.07. The van der Waals surface area contributed by atoms with Crippen LogP contribution < -0.4 is 4.74 Å². The molecule has 0 aliphatic carbocycles. The maximum atomic E-state index is 12.9. The van der Waals surface area contributed by atoms with Crippen molar-refractivity contribution in [3.8, 4) is 5.75 Å². The normalized spacial score (nSPS) is 10.9. The smallest absolute Gasteiger partial charge is 0.191 e. The summed E-state index contributed by atoms with van der Waals surface area (Å²) >= 11 is 9.40. The zero-order chi connectivity index (χ0) is 18.4. The van der Waals surface area contributed by atoms with Gasteiger partial charge in [-0.15, -0.1) is 22.0 Å². The number of thioether (sulfide) groups is 2. The van der Waals surface area contributed by atoms with Gasteiger partial charge in [-0.2, -0.15) is 0 Å². The second kappa shape index (κ2) is 9.30. The second-order valence-electron chi connectivity index (χ2n) is 5.33. The molecule has 0 unspecified atom stereocenters. The standard InChI is InChI=1S/C18H17ClFN3OS2/c1-23-17(12-24-16-5-3-2-4-15(16)19)21-22-18(23)26-11-10-25-14-8-6-13(20)7-9-14/h2-9H,10-12H2,1H3. The number of aromatic nitrogens is 3. The largest absolute Gasteiger partial charge is 0.484 e. The van der Waals surface area contributed by atoms with Gasteiger partial charge in [-0.3, -0.25) is 0 Å². The highest BCUT2D eigenvalue weighted by molar-refractivity contribution is 8.02. The Morgan fingerprint density at radius 3 is 2.54 bits per heavy atom. The van der Waals surface area contributed by atoms with E-state index in [0.717, 1.165) is 27.4 Å². The van der Waals surface area contributed by atoms with Crippen molar-refractivity contribution in [3.63, 3.8) is 0 Å². The van der Waals surface area contributed by atoms with Gasteiger partial charge in [0, 0.05) is 23.4 Å². The minimum absolute atomic E-state index is 0.214. The van der Waals surface area contributed by atoms with Crippen molar-refractivity contribution in [1.82, 2.24) is 14.8 Å². The molecule has 1 heterocycles. The number of halogens is 2. The van der Waals surface area contributed by atoms with Crippen molar-refractivity contribution in [2.45, 2.75) is 16.7 Å². The highest BCUT2D eigenvalue weighted by Crippen LogP contribution is 2.25. The molecule has 0 aliphatic rings. The van der Waals surface area contributed by atoms with Crippen LogP contribution >= 0.6 is 35.1 Å². The average Bonchev–Trinajstić information content (AvgIpc) is 2.99. The molecule has 0 aliphatic heterocycles. The predicted molar refractivity (Wildman–Crippen MR) is 105 cm³/mol. The third-order valence-corrected chi connectivity index (χ3v) is 6.12. The molecule has 0 bridgehead atoms. The quantitative estimate of drug-likeness (QED) is 0.383. The molecule has 2 aromatic carbocycles. The Bertz CT molecular complexity index is 858. The molecule has 0 N–H and O–H groups in total. The zero-order valence-electron chi connectivity index (χ0n) is 14.1. The monoisotopic (exact) mass is 409 g/mol. The minimum Gasteiger partial charge on any atom is -0.484 e. The summed E-state index contributed by atoms with van der Waals surface area (Å²) in [6.07, 6.45) is 0. The van der Waals surface area contributed by atoms with E-state index >= 15 is 0 Å². The van der Waals surface area contributed by atoms with E-state index in [1.165, 1.54) is 12.1 Å². The second-order valence-corrected chi connectivity index (χ2v) is 7.97. The Hall–Kier alpha value is -1.70. The van der Waals surface area contributed by atoms with Crippen molar-refractivity contribution >= 4 is 35.1 Å². The molecule has 0 atom stereocenters. The van der Waals surface area contributed by atoms with Gasteiger partial charge in [0.2, 0.25) is 0 Å². The van der Waals surface area contributed by atoms with Crippen molar-refractivity contribution in [1.29, 1.82) is 0 Å². The van der Waals surface area contributed by atoms with Gasteiger partial charge in [-0.1, -0.05) is 35.5 Å². The van der Waals surface area contributed by atoms with E-state index in [9.17, 15) is 4.39 Å². The maximum Gasteiger partial charge on any atom is 0.191 e. The fraction of sp³-hybridized carbons (Fsp3) is 0.222. The van der Waals surface area contributed by atoms with Crippen LogP contribution in [0.5, 0.6) is 5.75 Å². The summed E-state index contributed by atoms with van der Waals surface area (Å²) in [5.41, 5.74) is 0. The predicted octanol–water partition coefficient (Wildman–Crippen LogP) is 5.07. The van der Waals surface area contributed by atoms with Crippen LogP contribution in [0.25, 0.3) is 0 Å². The number of hydrogen-bond donors (Lipinski definition) is 0. The molecule has 1 aromatic heterocycles. The van der Waals surface area contributed by atoms with Crippen LogP contribution in [0.2, 0.25) is 5.02 Å². The van der Waals surface area contributed by atoms with Gasteiger partial charge < -0.3 is 9.30 Å². The van der Waals surface area contributed by atoms with Gasteiger partial charge in [-0.05, 0) is 36.4 Å². The third-order valence-electron chi connectivity index (χ3n) is 3.52. The van der Waals surface area contributed by atoms with Gasteiger partial charge in [0.25, 0.3) is 0 Å². The Morgan fingerprint density at radius 1 is 1.04 bits per heavy atom. The molecule has 26 heavy (non-hydrogen) atoms. The number of hydrogen-bond acceptors (Lipinski definition) is 5. The summed E-state index contributed by atoms with van der Waals surface area (Å²) in [4.78, 5) is 1.05. The molecular weight excluding hydrogens is 393 g/mol. The SMILES string of the molecule is Cn1c(COc2ccccc2Cl)nnc1SCCSc1ccc(F)cc1. The fourth-order valence-corrected chi connectivity index (χ4v) is 4.13. The van der Waals surface area contributed by atoms with Crippen LogP contribution in [-0.4, -0.2) is 26.3 Å². The number of benzene rings is 2. The van der Waals surface area contributed by atoms with Gasteiger partial charge in [0.1, 0.15) is 18.2 Å². The van der Waals surface area contributed by atoms with E-state index in [4.69, 9.17) is 16.3 Å². The summed E-state index contributed by atoms with van der Waals surface area (Å²) in [5, 5.41) is 9.80. The van der Waals surface area contributed by atoms with E-state index in [1.807, 2.05) is 29.8 Å². The molecule has 0 spiro atoms.